The number of esters is 1. The average molecular weight is 278 g/mol. The lowest BCUT2D eigenvalue weighted by Crippen LogP contribution is -2.33. The van der Waals surface area contributed by atoms with Crippen molar-refractivity contribution in [1.82, 2.24) is 4.98 Å². The number of hydrogen-bond donors (Lipinski definition) is 1. The smallest absolute Gasteiger partial charge is 0.356 e. The van der Waals surface area contributed by atoms with Gasteiger partial charge in [0.05, 0.1) is 18.5 Å². The fourth-order valence-corrected chi connectivity index (χ4v) is 2.18. The number of nitrogens with zero attached hydrogens (tertiary/aromatic N) is 1. The molecule has 2 heterocycles. The standard InChI is InChI=1S/C15H22N2O3/c1-3-20-14(18)13-5-4-12(10-16-13)17-11-15(2)6-8-19-9-7-15/h4-5,10,17H,3,6-9,11H2,1-2H3. The van der Waals surface area contributed by atoms with Gasteiger partial charge in [0.1, 0.15) is 5.69 Å². The van der Waals surface area contributed by atoms with Gasteiger partial charge in [-0.05, 0) is 37.3 Å². The van der Waals surface area contributed by atoms with Gasteiger partial charge in [0, 0.05) is 19.8 Å². The van der Waals surface area contributed by atoms with Crippen molar-refractivity contribution in [3.8, 4) is 0 Å². The van der Waals surface area contributed by atoms with Gasteiger partial charge in [-0.3, -0.25) is 0 Å². The number of aromatic nitrogens is 1. The molecule has 0 unspecified atom stereocenters. The first kappa shape index (κ1) is 14.8. The van der Waals surface area contributed by atoms with Crippen molar-refractivity contribution in [3.63, 3.8) is 0 Å². The van der Waals surface area contributed by atoms with Gasteiger partial charge in [-0.15, -0.1) is 0 Å². The topological polar surface area (TPSA) is 60.5 Å². The molecule has 20 heavy (non-hydrogen) atoms. The summed E-state index contributed by atoms with van der Waals surface area (Å²) >= 11 is 0. The number of nitrogens with one attached hydrogen (secondary N) is 1. The van der Waals surface area contributed by atoms with Crippen LogP contribution in [-0.4, -0.2) is 37.3 Å². The summed E-state index contributed by atoms with van der Waals surface area (Å²) in [6.07, 6.45) is 3.80. The molecule has 0 aliphatic carbocycles. The van der Waals surface area contributed by atoms with Gasteiger partial charge in [0.25, 0.3) is 0 Å². The Kier molecular flexibility index (Phi) is 4.95. The van der Waals surface area contributed by atoms with Crippen molar-refractivity contribution in [2.75, 3.05) is 31.7 Å². The Labute approximate surface area is 119 Å². The van der Waals surface area contributed by atoms with Crippen LogP contribution in [0, 0.1) is 5.41 Å². The molecule has 0 bridgehead atoms. The highest BCUT2D eigenvalue weighted by Crippen LogP contribution is 2.29. The van der Waals surface area contributed by atoms with E-state index >= 15 is 0 Å². The number of ether oxygens (including phenoxy) is 2. The molecule has 5 heteroatoms. The highest BCUT2D eigenvalue weighted by Gasteiger charge is 2.26. The predicted octanol–water partition coefficient (Wildman–Crippen LogP) is 2.49. The zero-order valence-corrected chi connectivity index (χ0v) is 12.1. The second-order valence-corrected chi connectivity index (χ2v) is 5.43. The largest absolute Gasteiger partial charge is 0.461 e. The maximum atomic E-state index is 11.5. The Bertz CT molecular complexity index is 439. The van der Waals surface area contributed by atoms with E-state index in [1.807, 2.05) is 6.07 Å². The van der Waals surface area contributed by atoms with Gasteiger partial charge in [0.2, 0.25) is 0 Å². The SMILES string of the molecule is CCOC(=O)c1ccc(NCC2(C)CCOCC2)cn1. The summed E-state index contributed by atoms with van der Waals surface area (Å²) in [5.74, 6) is -0.379. The van der Waals surface area contributed by atoms with Crippen molar-refractivity contribution in [2.24, 2.45) is 5.41 Å². The summed E-state index contributed by atoms with van der Waals surface area (Å²) in [5.41, 5.74) is 1.53. The van der Waals surface area contributed by atoms with Crippen molar-refractivity contribution in [1.29, 1.82) is 0 Å². The molecule has 110 valence electrons. The van der Waals surface area contributed by atoms with Crippen LogP contribution in [0.5, 0.6) is 0 Å². The molecular formula is C15H22N2O3. The predicted molar refractivity (Wildman–Crippen MR) is 76.8 cm³/mol. The number of rotatable bonds is 5. The highest BCUT2D eigenvalue weighted by molar-refractivity contribution is 5.87. The van der Waals surface area contributed by atoms with Crippen LogP contribution in [0.3, 0.4) is 0 Å². The Balaban J connectivity index is 1.89. The third-order valence-electron chi connectivity index (χ3n) is 3.67. The van der Waals surface area contributed by atoms with Crippen molar-refractivity contribution in [2.45, 2.75) is 26.7 Å². The van der Waals surface area contributed by atoms with E-state index in [-0.39, 0.29) is 11.4 Å². The molecule has 0 spiro atoms. The summed E-state index contributed by atoms with van der Waals surface area (Å²) in [7, 11) is 0. The molecule has 2 rings (SSSR count). The van der Waals surface area contributed by atoms with Crippen LogP contribution >= 0.6 is 0 Å². The summed E-state index contributed by atoms with van der Waals surface area (Å²) in [4.78, 5) is 15.6. The van der Waals surface area contributed by atoms with Gasteiger partial charge in [-0.1, -0.05) is 6.92 Å². The van der Waals surface area contributed by atoms with Crippen molar-refractivity contribution >= 4 is 11.7 Å². The zero-order valence-electron chi connectivity index (χ0n) is 12.1. The fourth-order valence-electron chi connectivity index (χ4n) is 2.18. The van der Waals surface area contributed by atoms with Crippen molar-refractivity contribution < 1.29 is 14.3 Å². The first-order chi connectivity index (χ1) is 9.63. The molecule has 1 aromatic heterocycles. The monoisotopic (exact) mass is 278 g/mol. The lowest BCUT2D eigenvalue weighted by molar-refractivity contribution is 0.0300. The Morgan fingerprint density at radius 2 is 2.20 bits per heavy atom. The average Bonchev–Trinajstić information content (AvgIpc) is 2.47. The van der Waals surface area contributed by atoms with Crippen LogP contribution in [-0.2, 0) is 9.47 Å². The quantitative estimate of drug-likeness (QED) is 0.838. The molecule has 1 N–H and O–H groups in total. The maximum Gasteiger partial charge on any atom is 0.356 e. The zero-order chi connectivity index (χ0) is 14.4. The van der Waals surface area contributed by atoms with E-state index in [0.717, 1.165) is 38.3 Å². The molecule has 1 fully saturated rings. The van der Waals surface area contributed by atoms with E-state index in [1.165, 1.54) is 0 Å². The molecule has 0 radical (unpaired) electrons. The molecule has 1 aliphatic heterocycles. The summed E-state index contributed by atoms with van der Waals surface area (Å²) in [6, 6.07) is 3.55. The number of anilines is 1. The van der Waals surface area contributed by atoms with E-state index in [0.29, 0.717) is 12.3 Å². The molecule has 1 aromatic rings. The minimum Gasteiger partial charge on any atom is -0.461 e. The Morgan fingerprint density at radius 1 is 1.45 bits per heavy atom. The number of carbonyl (C=O) groups is 1. The first-order valence-corrected chi connectivity index (χ1v) is 7.08. The normalized spacial score (nSPS) is 17.5. The lowest BCUT2D eigenvalue weighted by Gasteiger charge is -2.33. The Hall–Kier alpha value is -1.62. The Morgan fingerprint density at radius 3 is 2.80 bits per heavy atom. The van der Waals surface area contributed by atoms with Crippen LogP contribution in [0.15, 0.2) is 18.3 Å². The molecule has 1 aliphatic rings. The number of pyridine rings is 1. The van der Waals surface area contributed by atoms with Gasteiger partial charge in [0.15, 0.2) is 0 Å². The van der Waals surface area contributed by atoms with E-state index < -0.39 is 0 Å². The van der Waals surface area contributed by atoms with Crippen LogP contribution in [0.1, 0.15) is 37.2 Å². The summed E-state index contributed by atoms with van der Waals surface area (Å²) in [5, 5.41) is 3.38. The minimum atomic E-state index is -0.379. The van der Waals surface area contributed by atoms with E-state index in [1.54, 1.807) is 19.2 Å². The van der Waals surface area contributed by atoms with Crippen LogP contribution in [0.2, 0.25) is 0 Å². The molecule has 0 atom stereocenters. The van der Waals surface area contributed by atoms with E-state index in [2.05, 4.69) is 17.2 Å². The van der Waals surface area contributed by atoms with Crippen molar-refractivity contribution in [3.05, 3.63) is 24.0 Å². The summed E-state index contributed by atoms with van der Waals surface area (Å²) in [6.45, 7) is 6.96. The molecule has 0 aromatic carbocycles. The fraction of sp³-hybridized carbons (Fsp3) is 0.600. The summed E-state index contributed by atoms with van der Waals surface area (Å²) < 4.78 is 10.3. The second-order valence-electron chi connectivity index (χ2n) is 5.43. The van der Waals surface area contributed by atoms with Crippen LogP contribution in [0.25, 0.3) is 0 Å². The minimum absolute atomic E-state index is 0.262. The van der Waals surface area contributed by atoms with E-state index in [9.17, 15) is 4.79 Å². The van der Waals surface area contributed by atoms with Gasteiger partial charge in [-0.2, -0.15) is 0 Å². The molecule has 0 amide bonds. The first-order valence-electron chi connectivity index (χ1n) is 7.08. The van der Waals surface area contributed by atoms with Gasteiger partial charge >= 0.3 is 5.97 Å². The molecule has 1 saturated heterocycles. The second kappa shape index (κ2) is 6.70. The van der Waals surface area contributed by atoms with Gasteiger partial charge in [-0.25, -0.2) is 9.78 Å². The number of hydrogen-bond acceptors (Lipinski definition) is 5. The van der Waals surface area contributed by atoms with Gasteiger partial charge < -0.3 is 14.8 Å². The maximum absolute atomic E-state index is 11.5. The molecule has 5 nitrogen and oxygen atoms in total. The molecule has 0 saturated carbocycles. The highest BCUT2D eigenvalue weighted by atomic mass is 16.5. The third-order valence-corrected chi connectivity index (χ3v) is 3.67. The van der Waals surface area contributed by atoms with Crippen LogP contribution < -0.4 is 5.32 Å². The number of carbonyl (C=O) groups excluding carboxylic acids is 1. The lowest BCUT2D eigenvalue weighted by atomic mass is 9.82. The van der Waals surface area contributed by atoms with E-state index in [4.69, 9.17) is 9.47 Å². The van der Waals surface area contributed by atoms with Crippen LogP contribution in [0.4, 0.5) is 5.69 Å². The molecular weight excluding hydrogens is 256 g/mol. The third kappa shape index (κ3) is 3.93.